The monoisotopic (exact) mass is 193 g/mol. The first-order valence-electron chi connectivity index (χ1n) is 5.45. The molecule has 2 rings (SSSR count). The van der Waals surface area contributed by atoms with Gasteiger partial charge in [-0.2, -0.15) is 0 Å². The standard InChI is InChI=1S/C11H19N3/c1-8-3-4-14-7-13-10(6-9(2)12)11(14)5-8/h7-9H,3-6,12H2,1-2H3. The molecule has 0 radical (unpaired) electrons. The van der Waals surface area contributed by atoms with Crippen LogP contribution in [0.1, 0.15) is 31.7 Å². The molecule has 0 bridgehead atoms. The minimum atomic E-state index is 0.215. The number of hydrogen-bond acceptors (Lipinski definition) is 2. The van der Waals surface area contributed by atoms with E-state index in [4.69, 9.17) is 5.73 Å². The van der Waals surface area contributed by atoms with Gasteiger partial charge in [-0.05, 0) is 25.7 Å². The van der Waals surface area contributed by atoms with E-state index in [2.05, 4.69) is 16.5 Å². The Morgan fingerprint density at radius 2 is 2.50 bits per heavy atom. The maximum atomic E-state index is 5.80. The van der Waals surface area contributed by atoms with E-state index in [1.165, 1.54) is 24.2 Å². The Kier molecular flexibility index (Phi) is 2.59. The van der Waals surface area contributed by atoms with Crippen molar-refractivity contribution in [3.05, 3.63) is 17.7 Å². The Morgan fingerprint density at radius 3 is 3.21 bits per heavy atom. The quantitative estimate of drug-likeness (QED) is 0.770. The maximum Gasteiger partial charge on any atom is 0.0951 e. The summed E-state index contributed by atoms with van der Waals surface area (Å²) in [5.41, 5.74) is 8.43. The molecular formula is C11H19N3. The molecule has 78 valence electrons. The van der Waals surface area contributed by atoms with Gasteiger partial charge in [0.1, 0.15) is 0 Å². The summed E-state index contributed by atoms with van der Waals surface area (Å²) in [7, 11) is 0. The molecule has 1 aromatic heterocycles. The Hall–Kier alpha value is -0.830. The number of imidazole rings is 1. The lowest BCUT2D eigenvalue weighted by atomic mass is 9.96. The fourth-order valence-corrected chi connectivity index (χ4v) is 2.14. The second-order valence-corrected chi connectivity index (χ2v) is 4.61. The lowest BCUT2D eigenvalue weighted by molar-refractivity contribution is 0.414. The van der Waals surface area contributed by atoms with Crippen LogP contribution in [0.5, 0.6) is 0 Å². The summed E-state index contributed by atoms with van der Waals surface area (Å²) < 4.78 is 2.29. The molecule has 3 heteroatoms. The Morgan fingerprint density at radius 1 is 1.71 bits per heavy atom. The van der Waals surface area contributed by atoms with Crippen LogP contribution in [0.25, 0.3) is 0 Å². The highest BCUT2D eigenvalue weighted by Gasteiger charge is 2.19. The lowest BCUT2D eigenvalue weighted by Crippen LogP contribution is -2.21. The van der Waals surface area contributed by atoms with E-state index in [1.807, 2.05) is 13.3 Å². The average Bonchev–Trinajstić information content (AvgIpc) is 2.47. The van der Waals surface area contributed by atoms with Crippen molar-refractivity contribution in [3.8, 4) is 0 Å². The van der Waals surface area contributed by atoms with Crippen LogP contribution in [-0.4, -0.2) is 15.6 Å². The highest BCUT2D eigenvalue weighted by atomic mass is 15.1. The first-order chi connectivity index (χ1) is 6.66. The second-order valence-electron chi connectivity index (χ2n) is 4.61. The van der Waals surface area contributed by atoms with Crippen LogP contribution in [0.4, 0.5) is 0 Å². The van der Waals surface area contributed by atoms with Crippen molar-refractivity contribution in [1.29, 1.82) is 0 Å². The SMILES string of the molecule is CC(N)Cc1ncn2c1CC(C)CC2. The zero-order valence-corrected chi connectivity index (χ0v) is 9.03. The summed E-state index contributed by atoms with van der Waals surface area (Å²) in [5, 5.41) is 0. The van der Waals surface area contributed by atoms with Crippen molar-refractivity contribution < 1.29 is 0 Å². The molecule has 1 aliphatic heterocycles. The van der Waals surface area contributed by atoms with E-state index in [1.54, 1.807) is 0 Å². The van der Waals surface area contributed by atoms with Crippen LogP contribution >= 0.6 is 0 Å². The van der Waals surface area contributed by atoms with Gasteiger partial charge in [-0.15, -0.1) is 0 Å². The highest BCUT2D eigenvalue weighted by molar-refractivity contribution is 5.16. The predicted octanol–water partition coefficient (Wildman–Crippen LogP) is 1.36. The normalized spacial score (nSPS) is 23.2. The third kappa shape index (κ3) is 1.82. The summed E-state index contributed by atoms with van der Waals surface area (Å²) in [6.45, 7) is 5.48. The fraction of sp³-hybridized carbons (Fsp3) is 0.727. The Bertz CT molecular complexity index is 314. The van der Waals surface area contributed by atoms with Gasteiger partial charge in [0.2, 0.25) is 0 Å². The van der Waals surface area contributed by atoms with E-state index in [0.29, 0.717) is 0 Å². The zero-order valence-electron chi connectivity index (χ0n) is 9.03. The van der Waals surface area contributed by atoms with Crippen molar-refractivity contribution in [3.63, 3.8) is 0 Å². The van der Waals surface area contributed by atoms with Crippen molar-refractivity contribution >= 4 is 0 Å². The van der Waals surface area contributed by atoms with E-state index in [9.17, 15) is 0 Å². The number of aryl methyl sites for hydroxylation is 1. The van der Waals surface area contributed by atoms with Crippen molar-refractivity contribution in [2.75, 3.05) is 0 Å². The van der Waals surface area contributed by atoms with E-state index in [-0.39, 0.29) is 6.04 Å². The van der Waals surface area contributed by atoms with Crippen LogP contribution in [-0.2, 0) is 19.4 Å². The van der Waals surface area contributed by atoms with Gasteiger partial charge in [-0.25, -0.2) is 4.98 Å². The number of fused-ring (bicyclic) bond motifs is 1. The largest absolute Gasteiger partial charge is 0.334 e. The first-order valence-corrected chi connectivity index (χ1v) is 5.45. The third-order valence-corrected chi connectivity index (χ3v) is 2.95. The van der Waals surface area contributed by atoms with E-state index >= 15 is 0 Å². The molecule has 2 atom stereocenters. The number of nitrogens with two attached hydrogens (primary N) is 1. The molecule has 2 unspecified atom stereocenters. The molecular weight excluding hydrogens is 174 g/mol. The molecule has 14 heavy (non-hydrogen) atoms. The number of nitrogens with zero attached hydrogens (tertiary/aromatic N) is 2. The summed E-state index contributed by atoms with van der Waals surface area (Å²) in [5.74, 6) is 0.797. The summed E-state index contributed by atoms with van der Waals surface area (Å²) in [6, 6.07) is 0.215. The van der Waals surface area contributed by atoms with Crippen molar-refractivity contribution in [2.45, 2.75) is 45.7 Å². The summed E-state index contributed by atoms with van der Waals surface area (Å²) >= 11 is 0. The van der Waals surface area contributed by atoms with Crippen LogP contribution in [0.2, 0.25) is 0 Å². The summed E-state index contributed by atoms with van der Waals surface area (Å²) in [6.07, 6.45) is 5.33. The average molecular weight is 193 g/mol. The molecule has 2 heterocycles. The van der Waals surface area contributed by atoms with Gasteiger partial charge < -0.3 is 10.3 Å². The van der Waals surface area contributed by atoms with Crippen molar-refractivity contribution in [1.82, 2.24) is 9.55 Å². The molecule has 0 saturated heterocycles. The first kappa shape index (κ1) is 9.71. The van der Waals surface area contributed by atoms with Gasteiger partial charge >= 0.3 is 0 Å². The molecule has 0 fully saturated rings. The predicted molar refractivity (Wildman–Crippen MR) is 57.1 cm³/mol. The molecule has 0 aliphatic carbocycles. The Balaban J connectivity index is 2.22. The number of hydrogen-bond donors (Lipinski definition) is 1. The van der Waals surface area contributed by atoms with Crippen LogP contribution < -0.4 is 5.73 Å². The lowest BCUT2D eigenvalue weighted by Gasteiger charge is -2.21. The molecule has 1 aromatic rings. The zero-order chi connectivity index (χ0) is 10.1. The maximum absolute atomic E-state index is 5.80. The summed E-state index contributed by atoms with van der Waals surface area (Å²) in [4.78, 5) is 4.46. The smallest absolute Gasteiger partial charge is 0.0951 e. The molecule has 1 aliphatic rings. The minimum absolute atomic E-state index is 0.215. The van der Waals surface area contributed by atoms with Crippen LogP contribution in [0.15, 0.2) is 6.33 Å². The number of aromatic nitrogens is 2. The van der Waals surface area contributed by atoms with Gasteiger partial charge in [-0.3, -0.25) is 0 Å². The minimum Gasteiger partial charge on any atom is -0.334 e. The topological polar surface area (TPSA) is 43.8 Å². The fourth-order valence-electron chi connectivity index (χ4n) is 2.14. The molecule has 0 spiro atoms. The van der Waals surface area contributed by atoms with Crippen molar-refractivity contribution in [2.24, 2.45) is 11.7 Å². The molecule has 2 N–H and O–H groups in total. The Labute approximate surface area is 85.3 Å². The third-order valence-electron chi connectivity index (χ3n) is 2.95. The number of rotatable bonds is 2. The van der Waals surface area contributed by atoms with Crippen LogP contribution in [0.3, 0.4) is 0 Å². The van der Waals surface area contributed by atoms with E-state index < -0.39 is 0 Å². The van der Waals surface area contributed by atoms with E-state index in [0.717, 1.165) is 18.9 Å². The molecule has 0 saturated carbocycles. The van der Waals surface area contributed by atoms with Gasteiger partial charge in [0.05, 0.1) is 12.0 Å². The highest BCUT2D eigenvalue weighted by Crippen LogP contribution is 2.22. The second kappa shape index (κ2) is 3.73. The molecule has 0 amide bonds. The molecule has 3 nitrogen and oxygen atoms in total. The van der Waals surface area contributed by atoms with Gasteiger partial charge in [-0.1, -0.05) is 6.92 Å². The van der Waals surface area contributed by atoms with Gasteiger partial charge in [0.15, 0.2) is 0 Å². The van der Waals surface area contributed by atoms with Crippen LogP contribution in [0, 0.1) is 5.92 Å². The van der Waals surface area contributed by atoms with Gasteiger partial charge in [0.25, 0.3) is 0 Å². The molecule has 0 aromatic carbocycles. The van der Waals surface area contributed by atoms with Gasteiger partial charge in [0, 0.05) is 24.7 Å².